The molecule has 0 unspecified atom stereocenters. The molecule has 0 spiro atoms. The number of nitrogens with one attached hydrogen (secondary N) is 1. The van der Waals surface area contributed by atoms with E-state index in [2.05, 4.69) is 10.5 Å². The third kappa shape index (κ3) is 4.30. The normalized spacial score (nSPS) is 10.5. The van der Waals surface area contributed by atoms with E-state index in [1.807, 2.05) is 0 Å². The summed E-state index contributed by atoms with van der Waals surface area (Å²) in [6.07, 6.45) is 1.22. The van der Waals surface area contributed by atoms with Gasteiger partial charge in [-0.3, -0.25) is 14.9 Å². The second-order valence-electron chi connectivity index (χ2n) is 3.25. The van der Waals surface area contributed by atoms with E-state index < -0.39 is 10.8 Å². The maximum atomic E-state index is 11.1. The highest BCUT2D eigenvalue weighted by atomic mass is 16.6. The van der Waals surface area contributed by atoms with Crippen LogP contribution in [0.2, 0.25) is 0 Å². The lowest BCUT2D eigenvalue weighted by Gasteiger charge is -1.99. The van der Waals surface area contributed by atoms with Crippen LogP contribution in [0.25, 0.3) is 0 Å². The number of benzene rings is 1. The van der Waals surface area contributed by atoms with Crippen LogP contribution in [0.3, 0.4) is 0 Å². The van der Waals surface area contributed by atoms with Crippen molar-refractivity contribution in [3.8, 4) is 0 Å². The van der Waals surface area contributed by atoms with Gasteiger partial charge in [0.25, 0.3) is 11.6 Å². The second kappa shape index (κ2) is 7.13. The van der Waals surface area contributed by atoms with Crippen molar-refractivity contribution in [2.24, 2.45) is 5.10 Å². The van der Waals surface area contributed by atoms with Gasteiger partial charge in [-0.2, -0.15) is 5.10 Å². The van der Waals surface area contributed by atoms with Crippen LogP contribution in [0.1, 0.15) is 12.5 Å². The molecule has 0 aromatic heterocycles. The molecule has 18 heavy (non-hydrogen) atoms. The number of ether oxygens (including phenoxy) is 1. The van der Waals surface area contributed by atoms with Crippen molar-refractivity contribution in [1.82, 2.24) is 5.43 Å². The molecule has 0 atom stereocenters. The predicted octanol–water partition coefficient (Wildman–Crippen LogP) is 1.08. The summed E-state index contributed by atoms with van der Waals surface area (Å²) in [5.41, 5.74) is 2.46. The summed E-state index contributed by atoms with van der Waals surface area (Å²) in [6, 6.07) is 6.11. The molecule has 0 bridgehead atoms. The van der Waals surface area contributed by atoms with E-state index in [4.69, 9.17) is 4.74 Å². The Kier molecular flexibility index (Phi) is 5.46. The molecule has 0 fully saturated rings. The van der Waals surface area contributed by atoms with Crippen molar-refractivity contribution in [1.29, 1.82) is 0 Å². The Morgan fingerprint density at radius 3 is 2.94 bits per heavy atom. The summed E-state index contributed by atoms with van der Waals surface area (Å²) in [5, 5.41) is 14.3. The van der Waals surface area contributed by atoms with Crippen LogP contribution in [0.4, 0.5) is 5.69 Å². The first-order chi connectivity index (χ1) is 8.65. The third-order valence-electron chi connectivity index (χ3n) is 1.96. The van der Waals surface area contributed by atoms with Gasteiger partial charge in [-0.1, -0.05) is 12.1 Å². The summed E-state index contributed by atoms with van der Waals surface area (Å²) in [7, 11) is 0. The van der Waals surface area contributed by atoms with Crippen LogP contribution >= 0.6 is 0 Å². The number of rotatable bonds is 6. The molecular formula is C11H13N3O4. The van der Waals surface area contributed by atoms with Gasteiger partial charge < -0.3 is 4.74 Å². The average molecular weight is 251 g/mol. The fourth-order valence-corrected chi connectivity index (χ4v) is 1.16. The van der Waals surface area contributed by atoms with E-state index in [1.165, 1.54) is 18.3 Å². The third-order valence-corrected chi connectivity index (χ3v) is 1.96. The van der Waals surface area contributed by atoms with E-state index in [0.717, 1.165) is 0 Å². The first kappa shape index (κ1) is 13.8. The lowest BCUT2D eigenvalue weighted by Crippen LogP contribution is -2.22. The zero-order chi connectivity index (χ0) is 13.4. The first-order valence-electron chi connectivity index (χ1n) is 5.28. The lowest BCUT2D eigenvalue weighted by molar-refractivity contribution is -0.385. The summed E-state index contributed by atoms with van der Waals surface area (Å²) in [5.74, 6) is -0.410. The van der Waals surface area contributed by atoms with Gasteiger partial charge >= 0.3 is 0 Å². The number of para-hydroxylation sites is 1. The van der Waals surface area contributed by atoms with E-state index in [1.54, 1.807) is 19.1 Å². The van der Waals surface area contributed by atoms with Crippen LogP contribution in [0, 0.1) is 10.1 Å². The van der Waals surface area contributed by atoms with Crippen LogP contribution in [0.5, 0.6) is 0 Å². The Hall–Kier alpha value is -2.28. The van der Waals surface area contributed by atoms with Crippen LogP contribution in [-0.2, 0) is 9.53 Å². The quantitative estimate of drug-likeness (QED) is 0.465. The molecular weight excluding hydrogens is 238 g/mol. The average Bonchev–Trinajstić information content (AvgIpc) is 2.36. The highest BCUT2D eigenvalue weighted by molar-refractivity contribution is 5.86. The summed E-state index contributed by atoms with van der Waals surface area (Å²) >= 11 is 0. The minimum atomic E-state index is -0.511. The standard InChI is InChI=1S/C11H13N3O4/c1-2-18-8-11(15)13-12-7-9-5-3-4-6-10(9)14(16)17/h3-7H,2,8H2,1H3,(H,13,15)/b12-7+. The van der Waals surface area contributed by atoms with E-state index >= 15 is 0 Å². The van der Waals surface area contributed by atoms with Crippen molar-refractivity contribution >= 4 is 17.8 Å². The van der Waals surface area contributed by atoms with Gasteiger partial charge in [0.1, 0.15) is 6.61 Å². The number of hydrazone groups is 1. The molecule has 7 nitrogen and oxygen atoms in total. The molecule has 7 heteroatoms. The smallest absolute Gasteiger partial charge is 0.278 e. The maximum absolute atomic E-state index is 11.1. The molecule has 0 saturated heterocycles. The SMILES string of the molecule is CCOCC(=O)N/N=C/c1ccccc1[N+](=O)[O-]. The molecule has 0 aliphatic carbocycles. The monoisotopic (exact) mass is 251 g/mol. The topological polar surface area (TPSA) is 93.8 Å². The highest BCUT2D eigenvalue weighted by Gasteiger charge is 2.09. The Balaban J connectivity index is 2.62. The van der Waals surface area contributed by atoms with Crippen molar-refractivity contribution in [3.05, 3.63) is 39.9 Å². The first-order valence-corrected chi connectivity index (χ1v) is 5.28. The molecule has 0 saturated carbocycles. The van der Waals surface area contributed by atoms with Crippen molar-refractivity contribution in [2.75, 3.05) is 13.2 Å². The van der Waals surface area contributed by atoms with Crippen LogP contribution in [0.15, 0.2) is 29.4 Å². The molecule has 0 heterocycles. The molecule has 1 amide bonds. The number of nitrogens with zero attached hydrogens (tertiary/aromatic N) is 2. The molecule has 1 aromatic carbocycles. The Bertz CT molecular complexity index is 459. The fraction of sp³-hybridized carbons (Fsp3) is 0.273. The van der Waals surface area contributed by atoms with E-state index in [-0.39, 0.29) is 12.3 Å². The van der Waals surface area contributed by atoms with Crippen LogP contribution < -0.4 is 5.43 Å². The number of amides is 1. The zero-order valence-electron chi connectivity index (χ0n) is 9.83. The molecule has 1 rings (SSSR count). The van der Waals surface area contributed by atoms with Crippen molar-refractivity contribution < 1.29 is 14.5 Å². The number of nitro groups is 1. The van der Waals surface area contributed by atoms with Gasteiger partial charge in [-0.15, -0.1) is 0 Å². The number of carbonyl (C=O) groups is 1. The summed E-state index contributed by atoms with van der Waals surface area (Å²) in [6.45, 7) is 2.11. The molecule has 96 valence electrons. The number of carbonyl (C=O) groups excluding carboxylic acids is 1. The predicted molar refractivity (Wildman–Crippen MR) is 65.3 cm³/mol. The van der Waals surface area contributed by atoms with Gasteiger partial charge in [0.15, 0.2) is 0 Å². The molecule has 0 radical (unpaired) electrons. The van der Waals surface area contributed by atoms with Gasteiger partial charge in [0, 0.05) is 12.7 Å². The van der Waals surface area contributed by atoms with Gasteiger partial charge in [-0.25, -0.2) is 5.43 Å². The minimum absolute atomic E-state index is 0.0692. The molecule has 0 aliphatic rings. The van der Waals surface area contributed by atoms with Crippen molar-refractivity contribution in [3.63, 3.8) is 0 Å². The number of hydrogen-bond donors (Lipinski definition) is 1. The van der Waals surface area contributed by atoms with Gasteiger partial charge in [0.2, 0.25) is 0 Å². The minimum Gasteiger partial charge on any atom is -0.372 e. The fourth-order valence-electron chi connectivity index (χ4n) is 1.16. The molecule has 0 aliphatic heterocycles. The van der Waals surface area contributed by atoms with Crippen molar-refractivity contribution in [2.45, 2.75) is 6.92 Å². The van der Waals surface area contributed by atoms with E-state index in [0.29, 0.717) is 12.2 Å². The Labute approximate surface area is 104 Å². The highest BCUT2D eigenvalue weighted by Crippen LogP contribution is 2.14. The zero-order valence-corrected chi connectivity index (χ0v) is 9.83. The lowest BCUT2D eigenvalue weighted by atomic mass is 10.2. The Morgan fingerprint density at radius 2 is 2.28 bits per heavy atom. The van der Waals surface area contributed by atoms with Gasteiger partial charge in [0.05, 0.1) is 16.7 Å². The summed E-state index contributed by atoms with van der Waals surface area (Å²) < 4.78 is 4.87. The van der Waals surface area contributed by atoms with E-state index in [9.17, 15) is 14.9 Å². The number of nitro benzene ring substituents is 1. The molecule has 1 N–H and O–H groups in total. The largest absolute Gasteiger partial charge is 0.372 e. The Morgan fingerprint density at radius 1 is 1.56 bits per heavy atom. The van der Waals surface area contributed by atoms with Gasteiger partial charge in [-0.05, 0) is 13.0 Å². The van der Waals surface area contributed by atoms with Crippen LogP contribution in [-0.4, -0.2) is 30.3 Å². The second-order valence-corrected chi connectivity index (χ2v) is 3.25. The maximum Gasteiger partial charge on any atom is 0.278 e. The number of hydrogen-bond acceptors (Lipinski definition) is 5. The molecule has 1 aromatic rings. The summed E-state index contributed by atoms with van der Waals surface area (Å²) in [4.78, 5) is 21.3.